The lowest BCUT2D eigenvalue weighted by molar-refractivity contribution is 0.302. The monoisotopic (exact) mass is 382 g/mol. The van der Waals surface area contributed by atoms with Crippen molar-refractivity contribution in [1.82, 2.24) is 29.9 Å². The fraction of sp³-hybridized carbons (Fsp3) is 0.200. The van der Waals surface area contributed by atoms with E-state index in [0.29, 0.717) is 5.69 Å². The van der Waals surface area contributed by atoms with Crippen LogP contribution in [0.5, 0.6) is 0 Å². The topological polar surface area (TPSA) is 88.8 Å². The molecule has 3 rings (SSSR count). The number of hydrogen-bond acceptors (Lipinski definition) is 7. The third-order valence-electron chi connectivity index (χ3n) is 3.23. The molecule has 0 saturated carbocycles. The standard InChI is InChI=1S/C15H13F3N6OS/c16-9-1-2-10(19-7-9)8-24-22-15(21-23-24)11-3-4-12(14(18)13(11)17)26-20-5-6-25/h1-4,7,20,25H,5-6,8H2. The number of aromatic nitrogens is 5. The first-order valence-corrected chi connectivity index (χ1v) is 8.27. The van der Waals surface area contributed by atoms with Gasteiger partial charge in [0.25, 0.3) is 0 Å². The van der Waals surface area contributed by atoms with Gasteiger partial charge in [-0.1, -0.05) is 0 Å². The Hall–Kier alpha value is -2.50. The Morgan fingerprint density at radius 2 is 1.96 bits per heavy atom. The molecule has 0 spiro atoms. The average Bonchev–Trinajstić information content (AvgIpc) is 3.09. The summed E-state index contributed by atoms with van der Waals surface area (Å²) in [5.41, 5.74) is 0.357. The molecule has 7 nitrogen and oxygen atoms in total. The molecule has 0 bridgehead atoms. The lowest BCUT2D eigenvalue weighted by Gasteiger charge is -2.06. The lowest BCUT2D eigenvalue weighted by atomic mass is 10.2. The number of tetrazole rings is 1. The van der Waals surface area contributed by atoms with E-state index in [9.17, 15) is 13.2 Å². The van der Waals surface area contributed by atoms with Crippen LogP contribution in [0.4, 0.5) is 13.2 Å². The minimum atomic E-state index is -1.10. The van der Waals surface area contributed by atoms with E-state index in [4.69, 9.17) is 5.11 Å². The second-order valence-electron chi connectivity index (χ2n) is 5.07. The van der Waals surface area contributed by atoms with Crippen molar-refractivity contribution in [2.24, 2.45) is 0 Å². The Morgan fingerprint density at radius 1 is 1.12 bits per heavy atom. The third kappa shape index (κ3) is 4.18. The summed E-state index contributed by atoms with van der Waals surface area (Å²) in [5.74, 6) is -2.69. The van der Waals surface area contributed by atoms with Crippen molar-refractivity contribution in [2.45, 2.75) is 11.4 Å². The predicted octanol–water partition coefficient (Wildman–Crippen LogP) is 1.79. The Bertz CT molecular complexity index is 890. The van der Waals surface area contributed by atoms with Gasteiger partial charge < -0.3 is 5.11 Å². The van der Waals surface area contributed by atoms with Crippen LogP contribution in [0.1, 0.15) is 5.69 Å². The molecule has 0 aliphatic rings. The van der Waals surface area contributed by atoms with Gasteiger partial charge in [-0.15, -0.1) is 10.2 Å². The molecule has 0 amide bonds. The van der Waals surface area contributed by atoms with E-state index in [-0.39, 0.29) is 36.0 Å². The van der Waals surface area contributed by atoms with Gasteiger partial charge in [-0.05, 0) is 41.4 Å². The van der Waals surface area contributed by atoms with Crippen molar-refractivity contribution in [3.05, 3.63) is 53.6 Å². The molecule has 2 N–H and O–H groups in total. The molecule has 0 saturated heterocycles. The Kier molecular flexibility index (Phi) is 5.81. The smallest absolute Gasteiger partial charge is 0.207 e. The summed E-state index contributed by atoms with van der Waals surface area (Å²) < 4.78 is 44.0. The van der Waals surface area contributed by atoms with Gasteiger partial charge >= 0.3 is 0 Å². The number of aliphatic hydroxyl groups is 1. The van der Waals surface area contributed by atoms with Crippen molar-refractivity contribution in [2.75, 3.05) is 13.2 Å². The summed E-state index contributed by atoms with van der Waals surface area (Å²) in [6, 6.07) is 5.43. The minimum Gasteiger partial charge on any atom is -0.395 e. The molecule has 0 fully saturated rings. The number of hydrogen-bond donors (Lipinski definition) is 2. The third-order valence-corrected chi connectivity index (χ3v) is 4.11. The van der Waals surface area contributed by atoms with Crippen LogP contribution in [0.2, 0.25) is 0 Å². The molecule has 11 heteroatoms. The maximum Gasteiger partial charge on any atom is 0.207 e. The summed E-state index contributed by atoms with van der Waals surface area (Å²) in [6.07, 6.45) is 1.06. The van der Waals surface area contributed by atoms with Crippen LogP contribution in [-0.4, -0.2) is 43.4 Å². The van der Waals surface area contributed by atoms with E-state index in [1.165, 1.54) is 24.3 Å². The predicted molar refractivity (Wildman–Crippen MR) is 87.4 cm³/mol. The van der Waals surface area contributed by atoms with E-state index in [0.717, 1.165) is 22.9 Å². The average molecular weight is 382 g/mol. The highest BCUT2D eigenvalue weighted by atomic mass is 32.2. The SMILES string of the molecule is OCCNSc1ccc(-c2nnn(Cc3ccc(F)cn3)n2)c(F)c1F. The van der Waals surface area contributed by atoms with Crippen LogP contribution in [0.15, 0.2) is 35.4 Å². The number of rotatable bonds is 7. The lowest BCUT2D eigenvalue weighted by Crippen LogP contribution is -2.09. The maximum atomic E-state index is 14.3. The normalized spacial score (nSPS) is 11.1. The van der Waals surface area contributed by atoms with E-state index in [2.05, 4.69) is 25.1 Å². The van der Waals surface area contributed by atoms with Crippen LogP contribution in [-0.2, 0) is 6.54 Å². The molecule has 136 valence electrons. The molecule has 0 atom stereocenters. The van der Waals surface area contributed by atoms with E-state index in [1.54, 1.807) is 0 Å². The van der Waals surface area contributed by atoms with Crippen LogP contribution in [0, 0.1) is 17.5 Å². The van der Waals surface area contributed by atoms with Gasteiger partial charge in [0.1, 0.15) is 12.4 Å². The minimum absolute atomic E-state index is 0.0441. The molecule has 0 unspecified atom stereocenters. The largest absolute Gasteiger partial charge is 0.395 e. The molecule has 2 heterocycles. The first-order chi connectivity index (χ1) is 12.6. The fourth-order valence-electron chi connectivity index (χ4n) is 2.02. The quantitative estimate of drug-likeness (QED) is 0.476. The second-order valence-corrected chi connectivity index (χ2v) is 6.00. The van der Waals surface area contributed by atoms with Gasteiger partial charge in [0.15, 0.2) is 11.6 Å². The highest BCUT2D eigenvalue weighted by Crippen LogP contribution is 2.27. The molecule has 0 aliphatic heterocycles. The summed E-state index contributed by atoms with van der Waals surface area (Å²) in [6.45, 7) is 0.225. The molecule has 3 aromatic rings. The van der Waals surface area contributed by atoms with Crippen molar-refractivity contribution in [3.63, 3.8) is 0 Å². The van der Waals surface area contributed by atoms with Crippen LogP contribution in [0.25, 0.3) is 11.4 Å². The summed E-state index contributed by atoms with van der Waals surface area (Å²) in [4.78, 5) is 5.06. The molecule has 26 heavy (non-hydrogen) atoms. The zero-order valence-corrected chi connectivity index (χ0v) is 14.0. The molecule has 1 aromatic carbocycles. The summed E-state index contributed by atoms with van der Waals surface area (Å²) in [5, 5.41) is 20.2. The number of halogens is 3. The first kappa shape index (κ1) is 18.3. The highest BCUT2D eigenvalue weighted by Gasteiger charge is 2.18. The van der Waals surface area contributed by atoms with E-state index >= 15 is 0 Å². The number of nitrogens with zero attached hydrogens (tertiary/aromatic N) is 5. The van der Waals surface area contributed by atoms with Crippen LogP contribution in [0.3, 0.4) is 0 Å². The second kappa shape index (κ2) is 8.25. The number of benzene rings is 1. The zero-order chi connectivity index (χ0) is 18.5. The highest BCUT2D eigenvalue weighted by molar-refractivity contribution is 7.97. The molecule has 0 aliphatic carbocycles. The van der Waals surface area contributed by atoms with Crippen molar-refractivity contribution >= 4 is 11.9 Å². The van der Waals surface area contributed by atoms with Crippen molar-refractivity contribution in [1.29, 1.82) is 0 Å². The Morgan fingerprint density at radius 3 is 2.69 bits per heavy atom. The van der Waals surface area contributed by atoms with E-state index in [1.807, 2.05) is 0 Å². The van der Waals surface area contributed by atoms with Gasteiger partial charge in [-0.25, -0.2) is 13.2 Å². The number of aliphatic hydroxyl groups excluding tert-OH is 1. The van der Waals surface area contributed by atoms with Gasteiger partial charge in [-0.2, -0.15) is 4.80 Å². The maximum absolute atomic E-state index is 14.3. The van der Waals surface area contributed by atoms with Crippen molar-refractivity contribution in [3.8, 4) is 11.4 Å². The van der Waals surface area contributed by atoms with E-state index < -0.39 is 17.5 Å². The molecular weight excluding hydrogens is 369 g/mol. The summed E-state index contributed by atoms with van der Waals surface area (Å²) >= 11 is 0.872. The molecular formula is C15H13F3N6OS. The van der Waals surface area contributed by atoms with Crippen LogP contribution < -0.4 is 4.72 Å². The number of nitrogens with one attached hydrogen (secondary N) is 1. The molecule has 0 radical (unpaired) electrons. The Balaban J connectivity index is 1.78. The summed E-state index contributed by atoms with van der Waals surface area (Å²) in [7, 11) is 0. The van der Waals surface area contributed by atoms with Crippen LogP contribution >= 0.6 is 11.9 Å². The van der Waals surface area contributed by atoms with Gasteiger partial charge in [-0.3, -0.25) is 9.71 Å². The number of pyridine rings is 1. The molecule has 2 aromatic heterocycles. The van der Waals surface area contributed by atoms with Gasteiger partial charge in [0, 0.05) is 6.54 Å². The van der Waals surface area contributed by atoms with Gasteiger partial charge in [0.2, 0.25) is 5.82 Å². The Labute approximate surface area is 150 Å². The first-order valence-electron chi connectivity index (χ1n) is 7.45. The van der Waals surface area contributed by atoms with Crippen molar-refractivity contribution < 1.29 is 18.3 Å². The van der Waals surface area contributed by atoms with Gasteiger partial charge in [0.05, 0.1) is 29.0 Å². The fourth-order valence-corrected chi connectivity index (χ4v) is 2.68. The zero-order valence-electron chi connectivity index (χ0n) is 13.2.